The molecule has 0 aromatic heterocycles. The minimum absolute atomic E-state index is 0.0730. The number of amides is 2. The van der Waals surface area contributed by atoms with Gasteiger partial charge in [0.1, 0.15) is 0 Å². The van der Waals surface area contributed by atoms with Crippen molar-refractivity contribution in [2.24, 2.45) is 0 Å². The second-order valence-electron chi connectivity index (χ2n) is 6.43. The number of carbonyl (C=O) groups excluding carboxylic acids is 2. The lowest BCUT2D eigenvalue weighted by Crippen LogP contribution is -2.40. The van der Waals surface area contributed by atoms with Crippen molar-refractivity contribution in [2.45, 2.75) is 25.8 Å². The summed E-state index contributed by atoms with van der Waals surface area (Å²) < 4.78 is 78.0. The van der Waals surface area contributed by atoms with Crippen LogP contribution in [0.5, 0.6) is 0 Å². The lowest BCUT2D eigenvalue weighted by molar-refractivity contribution is -0.185. The van der Waals surface area contributed by atoms with Gasteiger partial charge in [-0.15, -0.1) is 0 Å². The molecule has 0 aliphatic carbocycles. The Bertz CT molecular complexity index is 952. The Kier molecular flexibility index (Phi) is 7.48. The van der Waals surface area contributed by atoms with Gasteiger partial charge in [-0.25, -0.2) is 0 Å². The Balaban J connectivity index is 2.20. The number of rotatable bonds is 6. The van der Waals surface area contributed by atoms with Gasteiger partial charge in [0.15, 0.2) is 0 Å². The summed E-state index contributed by atoms with van der Waals surface area (Å²) in [6, 6.07) is 12.3. The van der Waals surface area contributed by atoms with E-state index < -0.39 is 29.7 Å². The molecule has 0 heterocycles. The van der Waals surface area contributed by atoms with E-state index in [1.807, 2.05) is 0 Å². The Morgan fingerprint density at radius 2 is 1.58 bits per heavy atom. The second-order valence-corrected chi connectivity index (χ2v) is 6.43. The summed E-state index contributed by atoms with van der Waals surface area (Å²) >= 11 is 0. The van der Waals surface area contributed by atoms with E-state index in [2.05, 4.69) is 5.32 Å². The van der Waals surface area contributed by atoms with Crippen LogP contribution in [0, 0.1) is 0 Å². The molecule has 2 aromatic carbocycles. The molecule has 0 atom stereocenters. The van der Waals surface area contributed by atoms with Gasteiger partial charge in [0.25, 0.3) is 0 Å². The lowest BCUT2D eigenvalue weighted by Gasteiger charge is -2.22. The van der Waals surface area contributed by atoms with Crippen LogP contribution in [0.25, 0.3) is 5.57 Å². The van der Waals surface area contributed by atoms with Crippen molar-refractivity contribution in [3.8, 4) is 0 Å². The fraction of sp³-hybridized carbons (Fsp3) is 0.238. The van der Waals surface area contributed by atoms with E-state index in [1.165, 1.54) is 61.5 Å². The summed E-state index contributed by atoms with van der Waals surface area (Å²) in [6.07, 6.45) is -9.40. The van der Waals surface area contributed by atoms with E-state index in [4.69, 9.17) is 0 Å². The highest BCUT2D eigenvalue weighted by atomic mass is 19.4. The van der Waals surface area contributed by atoms with Crippen molar-refractivity contribution >= 4 is 23.1 Å². The summed E-state index contributed by atoms with van der Waals surface area (Å²) in [5.74, 6) is -3.07. The highest BCUT2D eigenvalue weighted by Gasteiger charge is 2.42. The molecule has 0 bridgehead atoms. The van der Waals surface area contributed by atoms with E-state index in [0.29, 0.717) is 11.0 Å². The Morgan fingerprint density at radius 3 is 2.13 bits per heavy atom. The van der Waals surface area contributed by atoms with Gasteiger partial charge in [-0.1, -0.05) is 42.5 Å². The van der Waals surface area contributed by atoms with E-state index >= 15 is 0 Å². The van der Waals surface area contributed by atoms with Crippen molar-refractivity contribution in [3.05, 3.63) is 71.8 Å². The van der Waals surface area contributed by atoms with Gasteiger partial charge in [0.2, 0.25) is 5.91 Å². The molecule has 0 fully saturated rings. The van der Waals surface area contributed by atoms with Gasteiger partial charge in [-0.3, -0.25) is 9.59 Å². The quantitative estimate of drug-likeness (QED) is 0.493. The first-order chi connectivity index (χ1) is 14.4. The number of nitrogens with one attached hydrogen (secondary N) is 1. The summed E-state index contributed by atoms with van der Waals surface area (Å²) in [5, 5.41) is 2.26. The zero-order valence-corrected chi connectivity index (χ0v) is 16.2. The second kappa shape index (κ2) is 9.67. The predicted octanol–water partition coefficient (Wildman–Crippen LogP) is 5.18. The standard InChI is InChI=1S/C21H18F6N2O2/c1-2-29(19(31)21(25,26)27)13-14-7-6-10-16(11-14)28-18(30)12-17(20(22,23)24)15-8-4-3-5-9-15/h3-12H,2,13H2,1H3,(H,28,30)/b17-12-. The molecule has 0 aliphatic rings. The number of alkyl halides is 6. The third-order valence-electron chi connectivity index (χ3n) is 4.15. The van der Waals surface area contributed by atoms with E-state index in [9.17, 15) is 35.9 Å². The van der Waals surface area contributed by atoms with Gasteiger partial charge in [0, 0.05) is 24.9 Å². The summed E-state index contributed by atoms with van der Waals surface area (Å²) in [4.78, 5) is 24.2. The van der Waals surface area contributed by atoms with Gasteiger partial charge in [-0.05, 0) is 30.2 Å². The number of allylic oxidation sites excluding steroid dienone is 1. The molecule has 0 aliphatic heterocycles. The Morgan fingerprint density at radius 1 is 0.935 bits per heavy atom. The Hall–Kier alpha value is -3.30. The van der Waals surface area contributed by atoms with Crippen LogP contribution in [0.2, 0.25) is 0 Å². The van der Waals surface area contributed by atoms with Crippen molar-refractivity contribution in [1.29, 1.82) is 0 Å². The lowest BCUT2D eigenvalue weighted by atomic mass is 10.1. The van der Waals surface area contributed by atoms with Crippen LogP contribution in [0.1, 0.15) is 18.1 Å². The van der Waals surface area contributed by atoms with Crippen LogP contribution >= 0.6 is 0 Å². The van der Waals surface area contributed by atoms with E-state index in [1.54, 1.807) is 0 Å². The highest BCUT2D eigenvalue weighted by Crippen LogP contribution is 2.33. The number of hydrogen-bond acceptors (Lipinski definition) is 2. The summed E-state index contributed by atoms with van der Waals surface area (Å²) in [7, 11) is 0. The number of halogens is 6. The largest absolute Gasteiger partial charge is 0.471 e. The molecule has 0 spiro atoms. The molecule has 2 aromatic rings. The number of benzene rings is 2. The smallest absolute Gasteiger partial charge is 0.331 e. The molecule has 0 saturated carbocycles. The molecule has 0 saturated heterocycles. The number of nitrogens with zero attached hydrogens (tertiary/aromatic N) is 1. The van der Waals surface area contributed by atoms with Crippen LogP contribution in [0.3, 0.4) is 0 Å². The maximum Gasteiger partial charge on any atom is 0.471 e. The van der Waals surface area contributed by atoms with Crippen LogP contribution in [0.15, 0.2) is 60.7 Å². The minimum atomic E-state index is -5.03. The molecular formula is C21H18F6N2O2. The highest BCUT2D eigenvalue weighted by molar-refractivity contribution is 6.04. The fourth-order valence-electron chi connectivity index (χ4n) is 2.73. The normalized spacial score (nSPS) is 12.4. The third kappa shape index (κ3) is 6.87. The molecule has 0 unspecified atom stereocenters. The molecule has 31 heavy (non-hydrogen) atoms. The van der Waals surface area contributed by atoms with Crippen molar-refractivity contribution in [1.82, 2.24) is 4.90 Å². The maximum absolute atomic E-state index is 13.3. The van der Waals surface area contributed by atoms with E-state index in [0.717, 1.165) is 0 Å². The average molecular weight is 444 g/mol. The molecule has 2 amide bonds. The van der Waals surface area contributed by atoms with Gasteiger partial charge in [0.05, 0.1) is 5.57 Å². The number of hydrogen-bond donors (Lipinski definition) is 1. The monoisotopic (exact) mass is 444 g/mol. The third-order valence-corrected chi connectivity index (χ3v) is 4.15. The van der Waals surface area contributed by atoms with Crippen LogP contribution in [-0.2, 0) is 16.1 Å². The van der Waals surface area contributed by atoms with Gasteiger partial charge < -0.3 is 10.2 Å². The summed E-state index contributed by atoms with van der Waals surface area (Å²) in [6.45, 7) is 0.790. The van der Waals surface area contributed by atoms with Crippen LogP contribution in [-0.4, -0.2) is 35.6 Å². The minimum Gasteiger partial charge on any atom is -0.331 e. The zero-order chi connectivity index (χ0) is 23.2. The molecule has 4 nitrogen and oxygen atoms in total. The van der Waals surface area contributed by atoms with Gasteiger partial charge in [-0.2, -0.15) is 26.3 Å². The molecule has 166 valence electrons. The maximum atomic E-state index is 13.3. The van der Waals surface area contributed by atoms with Crippen LogP contribution in [0.4, 0.5) is 32.0 Å². The molecule has 0 radical (unpaired) electrons. The zero-order valence-electron chi connectivity index (χ0n) is 16.2. The number of anilines is 1. The molecule has 1 N–H and O–H groups in total. The average Bonchev–Trinajstić information content (AvgIpc) is 2.69. The first-order valence-electron chi connectivity index (χ1n) is 9.02. The topological polar surface area (TPSA) is 49.4 Å². The molecule has 2 rings (SSSR count). The predicted molar refractivity (Wildman–Crippen MR) is 103 cm³/mol. The Labute approximate surface area is 174 Å². The van der Waals surface area contributed by atoms with Crippen molar-refractivity contribution in [2.75, 3.05) is 11.9 Å². The molecule has 10 heteroatoms. The number of carbonyl (C=O) groups is 2. The van der Waals surface area contributed by atoms with Crippen LogP contribution < -0.4 is 5.32 Å². The first-order valence-corrected chi connectivity index (χ1v) is 9.02. The molecular weight excluding hydrogens is 426 g/mol. The van der Waals surface area contributed by atoms with E-state index in [-0.39, 0.29) is 29.9 Å². The van der Waals surface area contributed by atoms with Gasteiger partial charge >= 0.3 is 18.3 Å². The van der Waals surface area contributed by atoms with Crippen molar-refractivity contribution < 1.29 is 35.9 Å². The first kappa shape index (κ1) is 24.0. The fourth-order valence-corrected chi connectivity index (χ4v) is 2.73. The SMILES string of the molecule is CCN(Cc1cccc(NC(=O)/C=C(/c2ccccc2)C(F)(F)F)c1)C(=O)C(F)(F)F. The van der Waals surface area contributed by atoms with Crippen molar-refractivity contribution in [3.63, 3.8) is 0 Å². The summed E-state index contributed by atoms with van der Waals surface area (Å²) in [5.41, 5.74) is -0.998.